The zero-order chi connectivity index (χ0) is 8.10. The second-order valence-electron chi connectivity index (χ2n) is 2.70. The third-order valence-electron chi connectivity index (χ3n) is 1.78. The van der Waals surface area contributed by atoms with E-state index in [9.17, 15) is 0 Å². The molecule has 0 aromatic carbocycles. The fourth-order valence-corrected chi connectivity index (χ4v) is 1.11. The molecule has 0 saturated heterocycles. The third-order valence-corrected chi connectivity index (χ3v) is 1.78. The Kier molecular flexibility index (Phi) is 2.95. The summed E-state index contributed by atoms with van der Waals surface area (Å²) in [6, 6.07) is 0. The van der Waals surface area contributed by atoms with Crippen molar-refractivity contribution in [3.63, 3.8) is 0 Å². The van der Waals surface area contributed by atoms with E-state index in [0.29, 0.717) is 5.92 Å². The summed E-state index contributed by atoms with van der Waals surface area (Å²) in [5.41, 5.74) is 0. The Hall–Kier alpha value is -1.00. The van der Waals surface area contributed by atoms with Gasteiger partial charge in [0.25, 0.3) is 0 Å². The lowest BCUT2D eigenvalue weighted by atomic mass is 10.1. The topological polar surface area (TPSA) is 20.2 Å². The minimum atomic E-state index is -0.712. The Balaban J connectivity index is 2.31. The Morgan fingerprint density at radius 1 is 1.55 bits per heavy atom. The molecule has 0 spiro atoms. The molecule has 1 heteroatoms. The van der Waals surface area contributed by atoms with Gasteiger partial charge in [-0.1, -0.05) is 24.1 Å². The summed E-state index contributed by atoms with van der Waals surface area (Å²) in [6.07, 6.45) is 14.4. The molecule has 11 heavy (non-hydrogen) atoms. The van der Waals surface area contributed by atoms with Crippen LogP contribution in [0.25, 0.3) is 0 Å². The molecule has 1 aliphatic rings. The van der Waals surface area contributed by atoms with Gasteiger partial charge in [0, 0.05) is 0 Å². The molecule has 1 atom stereocenters. The summed E-state index contributed by atoms with van der Waals surface area (Å²) in [6.45, 7) is 0. The molecule has 0 aromatic rings. The summed E-state index contributed by atoms with van der Waals surface area (Å²) >= 11 is 0. The van der Waals surface area contributed by atoms with Crippen molar-refractivity contribution < 1.29 is 5.11 Å². The van der Waals surface area contributed by atoms with Crippen molar-refractivity contribution >= 4 is 0 Å². The smallest absolute Gasteiger partial charge is 0.133 e. The lowest BCUT2D eigenvalue weighted by Crippen LogP contribution is -1.97. The van der Waals surface area contributed by atoms with Crippen LogP contribution in [-0.2, 0) is 0 Å². The molecule has 0 bridgehead atoms. The van der Waals surface area contributed by atoms with Crippen LogP contribution in [0.15, 0.2) is 24.3 Å². The second kappa shape index (κ2) is 4.00. The molecule has 1 unspecified atom stereocenters. The van der Waals surface area contributed by atoms with Gasteiger partial charge in [0.05, 0.1) is 0 Å². The maximum Gasteiger partial charge on any atom is 0.133 e. The molecule has 0 aliphatic heterocycles. The molecule has 1 nitrogen and oxygen atoms in total. The Bertz CT molecular complexity index is 199. The summed E-state index contributed by atoms with van der Waals surface area (Å²) in [4.78, 5) is 0. The predicted octanol–water partition coefficient (Wildman–Crippen LogP) is 1.50. The van der Waals surface area contributed by atoms with Gasteiger partial charge < -0.3 is 5.11 Å². The molecule has 58 valence electrons. The monoisotopic (exact) mass is 148 g/mol. The highest BCUT2D eigenvalue weighted by molar-refractivity contribution is 5.10. The average Bonchev–Trinajstić information content (AvgIpc) is 2.52. The van der Waals surface area contributed by atoms with Crippen LogP contribution in [0, 0.1) is 18.3 Å². The minimum Gasteiger partial charge on any atom is -0.377 e. The molecule has 0 saturated carbocycles. The molecule has 1 rings (SSSR count). The predicted molar refractivity (Wildman–Crippen MR) is 45.8 cm³/mol. The van der Waals surface area contributed by atoms with E-state index < -0.39 is 6.10 Å². The van der Waals surface area contributed by atoms with Crippen LogP contribution in [0.3, 0.4) is 0 Å². The molecule has 0 amide bonds. The average molecular weight is 148 g/mol. The molecular weight excluding hydrogens is 136 g/mol. The molecule has 0 heterocycles. The highest BCUT2D eigenvalue weighted by atomic mass is 16.3. The van der Waals surface area contributed by atoms with Gasteiger partial charge in [0.1, 0.15) is 6.10 Å². The van der Waals surface area contributed by atoms with E-state index in [2.05, 4.69) is 18.1 Å². The van der Waals surface area contributed by atoms with E-state index in [0.717, 1.165) is 12.8 Å². The van der Waals surface area contributed by atoms with Crippen molar-refractivity contribution in [2.24, 2.45) is 5.92 Å². The SMILES string of the molecule is C#CC(O)C=CC1CC=CC1. The highest BCUT2D eigenvalue weighted by Gasteiger charge is 2.05. The molecule has 0 radical (unpaired) electrons. The van der Waals surface area contributed by atoms with Crippen molar-refractivity contribution in [1.82, 2.24) is 0 Å². The Morgan fingerprint density at radius 3 is 2.73 bits per heavy atom. The van der Waals surface area contributed by atoms with E-state index in [4.69, 9.17) is 11.5 Å². The fraction of sp³-hybridized carbons (Fsp3) is 0.400. The van der Waals surface area contributed by atoms with Gasteiger partial charge in [-0.2, -0.15) is 0 Å². The van der Waals surface area contributed by atoms with Crippen LogP contribution in [-0.4, -0.2) is 11.2 Å². The van der Waals surface area contributed by atoms with Gasteiger partial charge in [-0.3, -0.25) is 0 Å². The van der Waals surface area contributed by atoms with Gasteiger partial charge >= 0.3 is 0 Å². The molecule has 1 N–H and O–H groups in total. The number of allylic oxidation sites excluding steroid dienone is 3. The first-order valence-corrected chi connectivity index (χ1v) is 3.80. The minimum absolute atomic E-state index is 0.554. The molecular formula is C10H12O. The van der Waals surface area contributed by atoms with E-state index >= 15 is 0 Å². The van der Waals surface area contributed by atoms with E-state index in [1.54, 1.807) is 6.08 Å². The quantitative estimate of drug-likeness (QED) is 0.465. The first-order chi connectivity index (χ1) is 5.33. The van der Waals surface area contributed by atoms with Gasteiger partial charge in [-0.05, 0) is 24.8 Å². The van der Waals surface area contributed by atoms with Crippen LogP contribution in [0.2, 0.25) is 0 Å². The summed E-state index contributed by atoms with van der Waals surface area (Å²) < 4.78 is 0. The number of hydrogen-bond donors (Lipinski definition) is 1. The third kappa shape index (κ3) is 2.61. The lowest BCUT2D eigenvalue weighted by Gasteiger charge is -2.00. The Morgan fingerprint density at radius 2 is 2.18 bits per heavy atom. The summed E-state index contributed by atoms with van der Waals surface area (Å²) in [5, 5.41) is 8.97. The molecule has 0 fully saturated rings. The summed E-state index contributed by atoms with van der Waals surface area (Å²) in [5.74, 6) is 2.79. The largest absolute Gasteiger partial charge is 0.377 e. The highest BCUT2D eigenvalue weighted by Crippen LogP contribution is 2.18. The number of aliphatic hydroxyl groups is 1. The van der Waals surface area contributed by atoms with Gasteiger partial charge in [-0.25, -0.2) is 0 Å². The number of terminal acetylenes is 1. The van der Waals surface area contributed by atoms with Crippen LogP contribution >= 0.6 is 0 Å². The zero-order valence-electron chi connectivity index (χ0n) is 6.40. The van der Waals surface area contributed by atoms with E-state index in [1.165, 1.54) is 0 Å². The van der Waals surface area contributed by atoms with Crippen LogP contribution in [0.5, 0.6) is 0 Å². The normalized spacial score (nSPS) is 20.7. The summed E-state index contributed by atoms with van der Waals surface area (Å²) in [7, 11) is 0. The molecule has 0 aromatic heterocycles. The first-order valence-electron chi connectivity index (χ1n) is 3.80. The lowest BCUT2D eigenvalue weighted by molar-refractivity contribution is 0.280. The Labute approximate surface area is 67.4 Å². The maximum atomic E-state index is 8.97. The maximum absolute atomic E-state index is 8.97. The number of hydrogen-bond acceptors (Lipinski definition) is 1. The van der Waals surface area contributed by atoms with Crippen LogP contribution in [0.4, 0.5) is 0 Å². The number of rotatable bonds is 2. The fourth-order valence-electron chi connectivity index (χ4n) is 1.11. The van der Waals surface area contributed by atoms with Crippen molar-refractivity contribution in [3.05, 3.63) is 24.3 Å². The van der Waals surface area contributed by atoms with Gasteiger partial charge in [0.15, 0.2) is 0 Å². The van der Waals surface area contributed by atoms with Crippen molar-refractivity contribution in [2.75, 3.05) is 0 Å². The van der Waals surface area contributed by atoms with Gasteiger partial charge in [-0.15, -0.1) is 6.42 Å². The van der Waals surface area contributed by atoms with Crippen molar-refractivity contribution in [3.8, 4) is 12.3 Å². The first kappa shape index (κ1) is 8.10. The van der Waals surface area contributed by atoms with Crippen LogP contribution < -0.4 is 0 Å². The second-order valence-corrected chi connectivity index (χ2v) is 2.70. The van der Waals surface area contributed by atoms with Gasteiger partial charge in [0.2, 0.25) is 0 Å². The number of aliphatic hydroxyl groups excluding tert-OH is 1. The standard InChI is InChI=1S/C10H12O/c1-2-10(11)8-7-9-5-3-4-6-9/h1,3-4,7-11H,5-6H2. The van der Waals surface area contributed by atoms with Crippen molar-refractivity contribution in [2.45, 2.75) is 18.9 Å². The van der Waals surface area contributed by atoms with Crippen molar-refractivity contribution in [1.29, 1.82) is 0 Å². The molecule has 1 aliphatic carbocycles. The van der Waals surface area contributed by atoms with E-state index in [1.807, 2.05) is 6.08 Å². The van der Waals surface area contributed by atoms with Crippen LogP contribution in [0.1, 0.15) is 12.8 Å². The zero-order valence-corrected chi connectivity index (χ0v) is 6.40. The van der Waals surface area contributed by atoms with E-state index in [-0.39, 0.29) is 0 Å².